The van der Waals surface area contributed by atoms with Crippen LogP contribution in [-0.4, -0.2) is 50.1 Å². The smallest absolute Gasteiger partial charge is 0.225 e. The van der Waals surface area contributed by atoms with Crippen LogP contribution in [0.3, 0.4) is 0 Å². The van der Waals surface area contributed by atoms with Crippen molar-refractivity contribution in [2.24, 2.45) is 11.8 Å². The van der Waals surface area contributed by atoms with Crippen LogP contribution in [0.5, 0.6) is 5.75 Å². The molecule has 6 nitrogen and oxygen atoms in total. The summed E-state index contributed by atoms with van der Waals surface area (Å²) in [5, 5.41) is 3.02. The number of nitrogens with one attached hydrogen (secondary N) is 1. The molecule has 1 heterocycles. The third kappa shape index (κ3) is 4.75. The zero-order valence-corrected chi connectivity index (χ0v) is 15.4. The molecule has 0 aromatic heterocycles. The van der Waals surface area contributed by atoms with Gasteiger partial charge in [0.15, 0.2) is 0 Å². The molecule has 1 aromatic carbocycles. The minimum absolute atomic E-state index is 0.0157. The molecule has 1 aromatic rings. The second-order valence-corrected chi connectivity index (χ2v) is 7.05. The van der Waals surface area contributed by atoms with Crippen LogP contribution in [0, 0.1) is 11.8 Å². The molecule has 1 aliphatic heterocycles. The van der Waals surface area contributed by atoms with E-state index in [-0.39, 0.29) is 23.7 Å². The summed E-state index contributed by atoms with van der Waals surface area (Å²) in [7, 11) is 1.64. The number of benzene rings is 1. The minimum Gasteiger partial charge on any atom is -0.497 e. The highest BCUT2D eigenvalue weighted by molar-refractivity contribution is 5.81. The standard InChI is InChI=1S/C20H28N2O4/c1-25-18-8-2-15(3-9-18)14-21-19(23)16-4-6-17(7-5-16)20(24)22-10-12-26-13-11-22/h2-3,8-9,16-17H,4-7,10-14H2,1H3,(H,21,23). The summed E-state index contributed by atoms with van der Waals surface area (Å²) in [5.74, 6) is 1.23. The number of amides is 2. The van der Waals surface area contributed by atoms with Gasteiger partial charge in [-0.1, -0.05) is 12.1 Å². The molecule has 142 valence electrons. The van der Waals surface area contributed by atoms with Crippen LogP contribution in [-0.2, 0) is 20.9 Å². The lowest BCUT2D eigenvalue weighted by Gasteiger charge is -2.33. The van der Waals surface area contributed by atoms with Gasteiger partial charge in [-0.3, -0.25) is 9.59 Å². The van der Waals surface area contributed by atoms with Crippen molar-refractivity contribution in [1.82, 2.24) is 10.2 Å². The first kappa shape index (κ1) is 18.7. The van der Waals surface area contributed by atoms with Gasteiger partial charge in [0.1, 0.15) is 5.75 Å². The summed E-state index contributed by atoms with van der Waals surface area (Å²) in [6.45, 7) is 3.18. The second-order valence-electron chi connectivity index (χ2n) is 7.05. The Balaban J connectivity index is 1.42. The van der Waals surface area contributed by atoms with Gasteiger partial charge in [-0.2, -0.15) is 0 Å². The van der Waals surface area contributed by atoms with E-state index in [4.69, 9.17) is 9.47 Å². The highest BCUT2D eigenvalue weighted by Crippen LogP contribution is 2.30. The number of rotatable bonds is 5. The van der Waals surface area contributed by atoms with Gasteiger partial charge < -0.3 is 19.7 Å². The van der Waals surface area contributed by atoms with Crippen molar-refractivity contribution in [3.63, 3.8) is 0 Å². The molecule has 0 radical (unpaired) electrons. The van der Waals surface area contributed by atoms with Gasteiger partial charge in [0.05, 0.1) is 20.3 Å². The number of hydrogen-bond donors (Lipinski definition) is 1. The molecule has 1 saturated carbocycles. The molecule has 3 rings (SSSR count). The van der Waals surface area contributed by atoms with Crippen LogP contribution in [0.15, 0.2) is 24.3 Å². The van der Waals surface area contributed by atoms with Crippen LogP contribution >= 0.6 is 0 Å². The largest absolute Gasteiger partial charge is 0.497 e. The summed E-state index contributed by atoms with van der Waals surface area (Å²) in [6.07, 6.45) is 3.18. The van der Waals surface area contributed by atoms with Crippen molar-refractivity contribution in [3.05, 3.63) is 29.8 Å². The van der Waals surface area contributed by atoms with E-state index in [1.807, 2.05) is 29.2 Å². The number of nitrogens with zero attached hydrogens (tertiary/aromatic N) is 1. The Hall–Kier alpha value is -2.08. The van der Waals surface area contributed by atoms with Crippen molar-refractivity contribution in [1.29, 1.82) is 0 Å². The molecule has 0 unspecified atom stereocenters. The van der Waals surface area contributed by atoms with Crippen LogP contribution in [0.4, 0.5) is 0 Å². The number of hydrogen-bond acceptors (Lipinski definition) is 4. The molecular formula is C20H28N2O4. The molecule has 1 aliphatic carbocycles. The summed E-state index contributed by atoms with van der Waals surface area (Å²) in [5.41, 5.74) is 1.05. The van der Waals surface area contributed by atoms with Gasteiger partial charge in [0.2, 0.25) is 11.8 Å². The van der Waals surface area contributed by atoms with Crippen molar-refractivity contribution in [2.45, 2.75) is 32.2 Å². The normalized spacial score (nSPS) is 23.3. The summed E-state index contributed by atoms with van der Waals surface area (Å²) >= 11 is 0. The Morgan fingerprint density at radius 2 is 1.69 bits per heavy atom. The number of morpholine rings is 1. The molecule has 0 bridgehead atoms. The fraction of sp³-hybridized carbons (Fsp3) is 0.600. The molecule has 0 atom stereocenters. The van der Waals surface area contributed by atoms with Crippen molar-refractivity contribution in [3.8, 4) is 5.75 Å². The van der Waals surface area contributed by atoms with E-state index in [1.54, 1.807) is 7.11 Å². The first-order valence-electron chi connectivity index (χ1n) is 9.44. The van der Waals surface area contributed by atoms with Gasteiger partial charge in [0.25, 0.3) is 0 Å². The molecule has 1 N–H and O–H groups in total. The monoisotopic (exact) mass is 360 g/mol. The van der Waals surface area contributed by atoms with Crippen molar-refractivity contribution >= 4 is 11.8 Å². The molecular weight excluding hydrogens is 332 g/mol. The van der Waals surface area contributed by atoms with Crippen molar-refractivity contribution < 1.29 is 19.1 Å². The lowest BCUT2D eigenvalue weighted by Crippen LogP contribution is -2.45. The van der Waals surface area contributed by atoms with Gasteiger partial charge in [0, 0.05) is 31.5 Å². The van der Waals surface area contributed by atoms with Crippen LogP contribution in [0.25, 0.3) is 0 Å². The average Bonchev–Trinajstić information content (AvgIpc) is 2.72. The number of methoxy groups -OCH3 is 1. The van der Waals surface area contributed by atoms with Crippen LogP contribution in [0.2, 0.25) is 0 Å². The molecule has 2 amide bonds. The summed E-state index contributed by atoms with van der Waals surface area (Å²) in [6, 6.07) is 7.70. The van der Waals surface area contributed by atoms with E-state index in [9.17, 15) is 9.59 Å². The van der Waals surface area contributed by atoms with E-state index in [0.29, 0.717) is 32.8 Å². The van der Waals surface area contributed by atoms with Crippen LogP contribution < -0.4 is 10.1 Å². The zero-order chi connectivity index (χ0) is 18.4. The average molecular weight is 360 g/mol. The molecule has 1 saturated heterocycles. The first-order chi connectivity index (χ1) is 12.7. The third-order valence-electron chi connectivity index (χ3n) is 5.40. The lowest BCUT2D eigenvalue weighted by molar-refractivity contribution is -0.142. The maximum atomic E-state index is 12.6. The van der Waals surface area contributed by atoms with E-state index in [0.717, 1.165) is 37.0 Å². The molecule has 6 heteroatoms. The Morgan fingerprint density at radius 1 is 1.08 bits per heavy atom. The molecule has 26 heavy (non-hydrogen) atoms. The fourth-order valence-corrected chi connectivity index (χ4v) is 3.72. The van der Waals surface area contributed by atoms with E-state index in [1.165, 1.54) is 0 Å². The Bertz CT molecular complexity index is 603. The first-order valence-corrected chi connectivity index (χ1v) is 9.44. The lowest BCUT2D eigenvalue weighted by atomic mass is 9.81. The van der Waals surface area contributed by atoms with Gasteiger partial charge in [-0.25, -0.2) is 0 Å². The zero-order valence-electron chi connectivity index (χ0n) is 15.4. The van der Waals surface area contributed by atoms with Crippen LogP contribution in [0.1, 0.15) is 31.2 Å². The second kappa shape index (κ2) is 9.03. The highest BCUT2D eigenvalue weighted by Gasteiger charge is 2.32. The number of carbonyl (C=O) groups excluding carboxylic acids is 2. The Kier molecular flexibility index (Phi) is 6.50. The van der Waals surface area contributed by atoms with E-state index < -0.39 is 0 Å². The predicted molar refractivity (Wildman–Crippen MR) is 97.7 cm³/mol. The number of carbonyl (C=O) groups is 2. The van der Waals surface area contributed by atoms with Gasteiger partial charge in [-0.05, 0) is 43.4 Å². The maximum Gasteiger partial charge on any atom is 0.225 e. The Morgan fingerprint density at radius 3 is 2.31 bits per heavy atom. The highest BCUT2D eigenvalue weighted by atomic mass is 16.5. The Labute approximate surface area is 154 Å². The van der Waals surface area contributed by atoms with Gasteiger partial charge in [-0.15, -0.1) is 0 Å². The van der Waals surface area contributed by atoms with E-state index in [2.05, 4.69) is 5.32 Å². The fourth-order valence-electron chi connectivity index (χ4n) is 3.72. The summed E-state index contributed by atoms with van der Waals surface area (Å²) in [4.78, 5) is 26.9. The molecule has 2 fully saturated rings. The van der Waals surface area contributed by atoms with Gasteiger partial charge >= 0.3 is 0 Å². The third-order valence-corrected chi connectivity index (χ3v) is 5.40. The minimum atomic E-state index is 0.0157. The van der Waals surface area contributed by atoms with Crippen molar-refractivity contribution in [2.75, 3.05) is 33.4 Å². The number of ether oxygens (including phenoxy) is 2. The maximum absolute atomic E-state index is 12.6. The predicted octanol–water partition coefficient (Wildman–Crippen LogP) is 1.98. The topological polar surface area (TPSA) is 67.9 Å². The summed E-state index contributed by atoms with van der Waals surface area (Å²) < 4.78 is 10.4. The molecule has 0 spiro atoms. The molecule has 2 aliphatic rings. The quantitative estimate of drug-likeness (QED) is 0.872. The van der Waals surface area contributed by atoms with E-state index >= 15 is 0 Å². The SMILES string of the molecule is COc1ccc(CNC(=O)C2CCC(C(=O)N3CCOCC3)CC2)cc1.